The van der Waals surface area contributed by atoms with Crippen LogP contribution in [0.3, 0.4) is 0 Å². The van der Waals surface area contributed by atoms with Gasteiger partial charge in [0.2, 0.25) is 5.91 Å². The maximum Gasteiger partial charge on any atom is 0.347 e. The molecule has 3 rings (SSSR count). The molecule has 2 aromatic carbocycles. The van der Waals surface area contributed by atoms with Crippen LogP contribution >= 0.6 is 0 Å². The number of anilines is 1. The normalized spacial score (nSPS) is 13.7. The van der Waals surface area contributed by atoms with Gasteiger partial charge < -0.3 is 40.8 Å². The molecule has 0 spiro atoms. The lowest BCUT2D eigenvalue weighted by Gasteiger charge is -2.16. The number of guanidine groups is 1. The summed E-state index contributed by atoms with van der Waals surface area (Å²) in [4.78, 5) is 47.3. The van der Waals surface area contributed by atoms with E-state index in [0.29, 0.717) is 17.7 Å². The number of fused-ring (bicyclic) bond motifs is 2. The fraction of sp³-hybridized carbons (Fsp3) is 0.292. The van der Waals surface area contributed by atoms with Crippen LogP contribution in [-0.2, 0) is 20.8 Å². The molecular weight excluding hydrogens is 488 g/mol. The number of hydrogen-bond donors (Lipinski definition) is 6. The molecule has 1 atom stereocenters. The molecular formula is C24H26N4O9. The molecule has 1 amide bonds. The number of carboxylic acids is 2. The molecule has 37 heavy (non-hydrogen) atoms. The predicted molar refractivity (Wildman–Crippen MR) is 129 cm³/mol. The second-order valence-corrected chi connectivity index (χ2v) is 7.99. The lowest BCUT2D eigenvalue weighted by atomic mass is 10.1. The second-order valence-electron chi connectivity index (χ2n) is 7.99. The summed E-state index contributed by atoms with van der Waals surface area (Å²) in [5.41, 5.74) is 6.50. The predicted octanol–water partition coefficient (Wildman–Crippen LogP) is 1.35. The van der Waals surface area contributed by atoms with E-state index in [9.17, 15) is 19.2 Å². The highest BCUT2D eigenvalue weighted by atomic mass is 16.6. The maximum atomic E-state index is 13.0. The van der Waals surface area contributed by atoms with Crippen molar-refractivity contribution >= 4 is 35.5 Å². The van der Waals surface area contributed by atoms with Crippen LogP contribution < -0.4 is 30.6 Å². The maximum absolute atomic E-state index is 13.0. The Balaban J connectivity index is 1.79. The van der Waals surface area contributed by atoms with Crippen molar-refractivity contribution in [2.24, 2.45) is 5.73 Å². The van der Waals surface area contributed by atoms with Gasteiger partial charge in [0.05, 0.1) is 19.6 Å². The molecule has 196 valence electrons. The van der Waals surface area contributed by atoms with Crippen LogP contribution in [0.4, 0.5) is 5.69 Å². The molecule has 1 heterocycles. The average molecular weight is 514 g/mol. The van der Waals surface area contributed by atoms with Crippen molar-refractivity contribution in [3.05, 3.63) is 47.5 Å². The number of carbonyl (C=O) groups is 4. The first-order valence-electron chi connectivity index (χ1n) is 11.2. The molecule has 0 aliphatic carbocycles. The van der Waals surface area contributed by atoms with E-state index in [0.717, 1.165) is 0 Å². The van der Waals surface area contributed by atoms with Crippen LogP contribution in [0.5, 0.6) is 17.2 Å². The summed E-state index contributed by atoms with van der Waals surface area (Å²) in [6.07, 6.45) is -0.355. The largest absolute Gasteiger partial charge is 0.492 e. The van der Waals surface area contributed by atoms with Crippen molar-refractivity contribution in [3.63, 3.8) is 0 Å². The molecule has 0 radical (unpaired) electrons. The first kappa shape index (κ1) is 26.8. The molecule has 7 N–H and O–H groups in total. The molecule has 0 bridgehead atoms. The fourth-order valence-electron chi connectivity index (χ4n) is 3.51. The van der Waals surface area contributed by atoms with Gasteiger partial charge in [-0.05, 0) is 30.2 Å². The zero-order valence-corrected chi connectivity index (χ0v) is 19.6. The summed E-state index contributed by atoms with van der Waals surface area (Å²) in [6, 6.07) is 7.83. The van der Waals surface area contributed by atoms with Crippen molar-refractivity contribution < 1.29 is 43.6 Å². The number of esters is 1. The Bertz CT molecular complexity index is 1210. The van der Waals surface area contributed by atoms with Gasteiger partial charge in [0, 0.05) is 24.6 Å². The quantitative estimate of drug-likeness (QED) is 0.128. The highest BCUT2D eigenvalue weighted by Crippen LogP contribution is 2.34. The number of nitrogens with two attached hydrogens (primary N) is 1. The van der Waals surface area contributed by atoms with E-state index < -0.39 is 36.3 Å². The molecule has 0 saturated heterocycles. The third-order valence-electron chi connectivity index (χ3n) is 5.17. The van der Waals surface area contributed by atoms with Crippen LogP contribution in [0.25, 0.3) is 0 Å². The monoisotopic (exact) mass is 514 g/mol. The summed E-state index contributed by atoms with van der Waals surface area (Å²) in [5.74, 6) is -3.84. The van der Waals surface area contributed by atoms with E-state index in [1.54, 1.807) is 18.2 Å². The molecule has 13 nitrogen and oxygen atoms in total. The van der Waals surface area contributed by atoms with E-state index in [2.05, 4.69) is 10.6 Å². The van der Waals surface area contributed by atoms with Crippen molar-refractivity contribution in [2.45, 2.75) is 31.7 Å². The molecule has 0 aromatic heterocycles. The zero-order chi connectivity index (χ0) is 26.9. The van der Waals surface area contributed by atoms with Gasteiger partial charge in [0.1, 0.15) is 17.4 Å². The van der Waals surface area contributed by atoms with Crippen molar-refractivity contribution in [1.29, 1.82) is 5.41 Å². The number of nitrogens with one attached hydrogen (secondary N) is 3. The minimum Gasteiger partial charge on any atom is -0.492 e. The third-order valence-corrected chi connectivity index (χ3v) is 5.17. The van der Waals surface area contributed by atoms with Crippen LogP contribution in [-0.4, -0.2) is 59.2 Å². The number of carbonyl (C=O) groups excluding carboxylic acids is 2. The van der Waals surface area contributed by atoms with Crippen molar-refractivity contribution in [2.75, 3.05) is 18.5 Å². The zero-order valence-electron chi connectivity index (χ0n) is 19.6. The Labute approximate surface area is 211 Å². The first-order chi connectivity index (χ1) is 17.6. The van der Waals surface area contributed by atoms with Crippen LogP contribution in [0.1, 0.15) is 35.2 Å². The molecule has 0 fully saturated rings. The Morgan fingerprint density at radius 2 is 1.84 bits per heavy atom. The van der Waals surface area contributed by atoms with Gasteiger partial charge in [0.25, 0.3) is 0 Å². The van der Waals surface area contributed by atoms with Crippen molar-refractivity contribution in [1.82, 2.24) is 5.32 Å². The van der Waals surface area contributed by atoms with Gasteiger partial charge in [-0.15, -0.1) is 0 Å². The number of rotatable bonds is 8. The number of para-hydroxylation sites is 1. The number of amides is 1. The number of hydrogen-bond acceptors (Lipinski definition) is 8. The number of aliphatic carboxylic acids is 2. The van der Waals surface area contributed by atoms with E-state index in [1.165, 1.54) is 18.2 Å². The minimum atomic E-state index is -1.55. The van der Waals surface area contributed by atoms with Gasteiger partial charge >= 0.3 is 17.9 Å². The molecule has 1 unspecified atom stereocenters. The number of aryl methyl sites for hydroxylation is 1. The van der Waals surface area contributed by atoms with Gasteiger partial charge in [-0.2, -0.15) is 0 Å². The second kappa shape index (κ2) is 12.2. The Hall–Kier alpha value is -4.81. The lowest BCUT2D eigenvalue weighted by molar-refractivity contribution is -0.147. The van der Waals surface area contributed by atoms with Crippen LogP contribution in [0.15, 0.2) is 36.4 Å². The highest BCUT2D eigenvalue weighted by molar-refractivity contribution is 5.96. The highest BCUT2D eigenvalue weighted by Gasteiger charge is 2.24. The van der Waals surface area contributed by atoms with E-state index in [4.69, 9.17) is 35.6 Å². The number of carboxylic acid groups (broad SMARTS) is 2. The third kappa shape index (κ3) is 7.59. The number of ether oxygens (including phenoxy) is 3. The van der Waals surface area contributed by atoms with Gasteiger partial charge in [-0.25, -0.2) is 9.59 Å². The summed E-state index contributed by atoms with van der Waals surface area (Å²) in [6.45, 7) is 0.415. The summed E-state index contributed by atoms with van der Waals surface area (Å²) in [5, 5.41) is 30.1. The Kier molecular flexibility index (Phi) is 8.86. The lowest BCUT2D eigenvalue weighted by Crippen LogP contribution is -2.42. The molecule has 2 aromatic rings. The minimum absolute atomic E-state index is 0.110. The first-order valence-corrected chi connectivity index (χ1v) is 11.2. The molecule has 1 aliphatic rings. The smallest absolute Gasteiger partial charge is 0.347 e. The molecule has 13 heteroatoms. The van der Waals surface area contributed by atoms with Crippen molar-refractivity contribution in [3.8, 4) is 17.2 Å². The Morgan fingerprint density at radius 1 is 1.08 bits per heavy atom. The average Bonchev–Trinajstić information content (AvgIpc) is 2.85. The summed E-state index contributed by atoms with van der Waals surface area (Å²) in [7, 11) is 0. The SMILES string of the molecule is N=C(N)Nc1ccc2c(c1)OCCCOc1c(CCC(=O)NC(CC(=O)O)C(=O)O)cccc1OC2=O. The number of benzene rings is 2. The van der Waals surface area contributed by atoms with E-state index in [1.807, 2.05) is 0 Å². The topological polar surface area (TPSA) is 210 Å². The van der Waals surface area contributed by atoms with Gasteiger partial charge in [-0.3, -0.25) is 15.0 Å². The van der Waals surface area contributed by atoms with E-state index >= 15 is 0 Å². The van der Waals surface area contributed by atoms with E-state index in [-0.39, 0.29) is 54.8 Å². The Morgan fingerprint density at radius 3 is 2.54 bits per heavy atom. The van der Waals surface area contributed by atoms with Crippen LogP contribution in [0.2, 0.25) is 0 Å². The summed E-state index contributed by atoms with van der Waals surface area (Å²) < 4.78 is 17.2. The standard InChI is InChI=1S/C24H26N4O9/c25-24(26)27-14-6-7-15-18(11-14)35-9-2-10-36-21-13(3-1-4-17(21)37-23(15)34)5-8-19(29)28-16(22(32)33)12-20(30)31/h1,3-4,6-7,11,16H,2,5,8-10,12H2,(H,28,29)(H,30,31)(H,32,33)(H4,25,26,27). The van der Waals surface area contributed by atoms with Gasteiger partial charge in [-0.1, -0.05) is 12.1 Å². The fourth-order valence-corrected chi connectivity index (χ4v) is 3.51. The van der Waals surface area contributed by atoms with Crippen LogP contribution in [0, 0.1) is 5.41 Å². The summed E-state index contributed by atoms with van der Waals surface area (Å²) >= 11 is 0. The molecule has 1 aliphatic heterocycles. The van der Waals surface area contributed by atoms with Gasteiger partial charge in [0.15, 0.2) is 17.5 Å². The molecule has 0 saturated carbocycles.